The summed E-state index contributed by atoms with van der Waals surface area (Å²) in [6.45, 7) is 7.90. The molecule has 3 heterocycles. The number of hydrogen-bond donors (Lipinski definition) is 1. The zero-order chi connectivity index (χ0) is 20.4. The summed E-state index contributed by atoms with van der Waals surface area (Å²) in [6, 6.07) is 6.63. The number of amides is 1. The third-order valence-electron chi connectivity index (χ3n) is 5.98. The smallest absolute Gasteiger partial charge is 0.222 e. The van der Waals surface area contributed by atoms with Gasteiger partial charge in [0.25, 0.3) is 0 Å². The molecule has 1 N–H and O–H groups in total. The second-order valence-electron chi connectivity index (χ2n) is 8.13. The number of nitrogens with zero attached hydrogens (tertiary/aromatic N) is 4. The number of halogens is 1. The Morgan fingerprint density at radius 2 is 2.03 bits per heavy atom. The van der Waals surface area contributed by atoms with E-state index in [1.165, 1.54) is 6.07 Å². The summed E-state index contributed by atoms with van der Waals surface area (Å²) < 4.78 is 13.8. The molecule has 0 bridgehead atoms. The first-order valence-electron chi connectivity index (χ1n) is 10.3. The number of fused-ring (bicyclic) bond motifs is 1. The number of carbonyl (C=O) groups excluding carboxylic acids is 1. The molecule has 0 spiro atoms. The van der Waals surface area contributed by atoms with Gasteiger partial charge in [-0.2, -0.15) is 0 Å². The predicted molar refractivity (Wildman–Crippen MR) is 110 cm³/mol. The van der Waals surface area contributed by atoms with Crippen LogP contribution in [0, 0.1) is 17.7 Å². The largest absolute Gasteiger partial charge is 0.354 e. The van der Waals surface area contributed by atoms with Crippen molar-refractivity contribution in [2.24, 2.45) is 11.8 Å². The standard InChI is InChI=1S/C22H28FN5O/c1-3-7-24-22-25-9-16(10-26-22)11-27-12-18-13-28(15(2)29)21(20(18)14-27)17-5-4-6-19(23)8-17/h4-6,8-10,18,20-21H,3,7,11-14H2,1-2H3,(H,24,25,26)/t18-,20-,21+/m1/s1. The van der Waals surface area contributed by atoms with Gasteiger partial charge in [-0.15, -0.1) is 0 Å². The maximum Gasteiger partial charge on any atom is 0.222 e. The third kappa shape index (κ3) is 4.24. The van der Waals surface area contributed by atoms with Gasteiger partial charge < -0.3 is 10.2 Å². The number of nitrogens with one attached hydrogen (secondary N) is 1. The second-order valence-corrected chi connectivity index (χ2v) is 8.13. The van der Waals surface area contributed by atoms with E-state index in [1.54, 1.807) is 19.1 Å². The molecule has 0 radical (unpaired) electrons. The SMILES string of the molecule is CCCNc1ncc(CN2C[C@@H]3CN(C(C)=O)[C@@H](c4cccc(F)c4)[C@@H]3C2)cn1. The van der Waals surface area contributed by atoms with Crippen LogP contribution in [-0.4, -0.2) is 51.9 Å². The van der Waals surface area contributed by atoms with Gasteiger partial charge in [-0.1, -0.05) is 19.1 Å². The minimum absolute atomic E-state index is 0.0591. The molecular weight excluding hydrogens is 369 g/mol. The predicted octanol–water partition coefficient (Wildman–Crippen LogP) is 3.09. The van der Waals surface area contributed by atoms with Crippen LogP contribution in [-0.2, 0) is 11.3 Å². The third-order valence-corrected chi connectivity index (χ3v) is 5.98. The van der Waals surface area contributed by atoms with Crippen LogP contribution in [0.15, 0.2) is 36.7 Å². The highest BCUT2D eigenvalue weighted by molar-refractivity contribution is 5.74. The summed E-state index contributed by atoms with van der Waals surface area (Å²) in [5.41, 5.74) is 1.97. The highest BCUT2D eigenvalue weighted by atomic mass is 19.1. The fourth-order valence-electron chi connectivity index (χ4n) is 4.73. The summed E-state index contributed by atoms with van der Waals surface area (Å²) in [5, 5.41) is 3.19. The maximum atomic E-state index is 13.8. The lowest BCUT2D eigenvalue weighted by Crippen LogP contribution is -2.34. The zero-order valence-corrected chi connectivity index (χ0v) is 17.0. The van der Waals surface area contributed by atoms with Crippen molar-refractivity contribution in [3.63, 3.8) is 0 Å². The summed E-state index contributed by atoms with van der Waals surface area (Å²) >= 11 is 0. The molecule has 154 valence electrons. The van der Waals surface area contributed by atoms with E-state index < -0.39 is 0 Å². The minimum atomic E-state index is -0.252. The molecule has 0 unspecified atom stereocenters. The Hall–Kier alpha value is -2.54. The van der Waals surface area contributed by atoms with Gasteiger partial charge in [-0.05, 0) is 30.0 Å². The van der Waals surface area contributed by atoms with Gasteiger partial charge in [0.15, 0.2) is 0 Å². The van der Waals surface area contributed by atoms with Crippen molar-refractivity contribution in [3.05, 3.63) is 53.6 Å². The Morgan fingerprint density at radius 3 is 2.72 bits per heavy atom. The maximum absolute atomic E-state index is 13.8. The van der Waals surface area contributed by atoms with E-state index in [9.17, 15) is 9.18 Å². The molecule has 6 nitrogen and oxygen atoms in total. The molecular formula is C22H28FN5O. The van der Waals surface area contributed by atoms with Crippen LogP contribution in [0.5, 0.6) is 0 Å². The molecule has 29 heavy (non-hydrogen) atoms. The number of likely N-dealkylation sites (tertiary alicyclic amines) is 2. The Morgan fingerprint density at radius 1 is 1.24 bits per heavy atom. The summed E-state index contributed by atoms with van der Waals surface area (Å²) in [6.07, 6.45) is 4.79. The van der Waals surface area contributed by atoms with Crippen LogP contribution in [0.4, 0.5) is 10.3 Å². The van der Waals surface area contributed by atoms with Crippen molar-refractivity contribution >= 4 is 11.9 Å². The molecule has 2 aromatic rings. The Labute approximate surface area is 171 Å². The second kappa shape index (κ2) is 8.45. The molecule has 2 saturated heterocycles. The van der Waals surface area contributed by atoms with Gasteiger partial charge in [-0.3, -0.25) is 9.69 Å². The lowest BCUT2D eigenvalue weighted by atomic mass is 9.89. The molecule has 0 aliphatic carbocycles. The average molecular weight is 397 g/mol. The van der Waals surface area contributed by atoms with Crippen LogP contribution in [0.1, 0.15) is 37.4 Å². The minimum Gasteiger partial charge on any atom is -0.354 e. The molecule has 2 aliphatic rings. The van der Waals surface area contributed by atoms with E-state index in [1.807, 2.05) is 23.4 Å². The van der Waals surface area contributed by atoms with E-state index in [-0.39, 0.29) is 17.8 Å². The molecule has 1 aromatic carbocycles. The quantitative estimate of drug-likeness (QED) is 0.812. The number of carbonyl (C=O) groups is 1. The molecule has 7 heteroatoms. The number of hydrogen-bond acceptors (Lipinski definition) is 5. The van der Waals surface area contributed by atoms with E-state index in [4.69, 9.17) is 0 Å². The number of rotatable bonds is 6. The Kier molecular flexibility index (Phi) is 5.76. The van der Waals surface area contributed by atoms with Crippen LogP contribution < -0.4 is 5.32 Å². The van der Waals surface area contributed by atoms with Crippen molar-refractivity contribution in [1.29, 1.82) is 0 Å². The van der Waals surface area contributed by atoms with E-state index in [0.717, 1.165) is 50.3 Å². The van der Waals surface area contributed by atoms with E-state index >= 15 is 0 Å². The molecule has 0 saturated carbocycles. The van der Waals surface area contributed by atoms with Crippen molar-refractivity contribution in [2.75, 3.05) is 31.5 Å². The number of aromatic nitrogens is 2. The number of anilines is 1. The molecule has 2 aliphatic heterocycles. The van der Waals surface area contributed by atoms with Gasteiger partial charge in [0, 0.05) is 63.5 Å². The lowest BCUT2D eigenvalue weighted by molar-refractivity contribution is -0.130. The van der Waals surface area contributed by atoms with E-state index in [0.29, 0.717) is 17.8 Å². The lowest BCUT2D eigenvalue weighted by Gasteiger charge is -2.29. The highest BCUT2D eigenvalue weighted by Crippen LogP contribution is 2.45. The van der Waals surface area contributed by atoms with Crippen LogP contribution >= 0.6 is 0 Å². The van der Waals surface area contributed by atoms with Gasteiger partial charge in [-0.25, -0.2) is 14.4 Å². The van der Waals surface area contributed by atoms with Gasteiger partial charge in [0.2, 0.25) is 11.9 Å². The molecule has 4 rings (SSSR count). The fourth-order valence-corrected chi connectivity index (χ4v) is 4.73. The monoisotopic (exact) mass is 397 g/mol. The van der Waals surface area contributed by atoms with Gasteiger partial charge >= 0.3 is 0 Å². The molecule has 1 amide bonds. The highest BCUT2D eigenvalue weighted by Gasteiger charge is 2.48. The van der Waals surface area contributed by atoms with Crippen molar-refractivity contribution in [3.8, 4) is 0 Å². The summed E-state index contributed by atoms with van der Waals surface area (Å²) in [4.78, 5) is 25.3. The first-order chi connectivity index (χ1) is 14.0. The summed E-state index contributed by atoms with van der Waals surface area (Å²) in [5.74, 6) is 1.19. The van der Waals surface area contributed by atoms with Crippen molar-refractivity contribution in [2.45, 2.75) is 32.9 Å². The van der Waals surface area contributed by atoms with Crippen molar-refractivity contribution < 1.29 is 9.18 Å². The van der Waals surface area contributed by atoms with Crippen LogP contribution in [0.25, 0.3) is 0 Å². The number of benzene rings is 1. The topological polar surface area (TPSA) is 61.4 Å². The van der Waals surface area contributed by atoms with Crippen molar-refractivity contribution in [1.82, 2.24) is 19.8 Å². The normalized spacial score (nSPS) is 24.0. The van der Waals surface area contributed by atoms with Gasteiger partial charge in [0.1, 0.15) is 5.82 Å². The Bertz CT molecular complexity index is 859. The average Bonchev–Trinajstić information content (AvgIpc) is 3.24. The summed E-state index contributed by atoms with van der Waals surface area (Å²) in [7, 11) is 0. The molecule has 2 fully saturated rings. The van der Waals surface area contributed by atoms with Gasteiger partial charge in [0.05, 0.1) is 6.04 Å². The first-order valence-corrected chi connectivity index (χ1v) is 10.3. The molecule has 3 atom stereocenters. The zero-order valence-electron chi connectivity index (χ0n) is 17.0. The van der Waals surface area contributed by atoms with Crippen LogP contribution in [0.3, 0.4) is 0 Å². The van der Waals surface area contributed by atoms with E-state index in [2.05, 4.69) is 27.1 Å². The fraction of sp³-hybridized carbons (Fsp3) is 0.500. The van der Waals surface area contributed by atoms with Crippen LogP contribution in [0.2, 0.25) is 0 Å². The molecule has 1 aromatic heterocycles. The Balaban J connectivity index is 1.45. The first kappa shape index (κ1) is 19.8.